The van der Waals surface area contributed by atoms with E-state index < -0.39 is 0 Å². The molecular weight excluding hydrogens is 603 g/mol. The van der Waals surface area contributed by atoms with Gasteiger partial charge in [-0.1, -0.05) is 42.0 Å². The molecule has 0 atom stereocenters. The van der Waals surface area contributed by atoms with E-state index in [9.17, 15) is 14.4 Å². The lowest BCUT2D eigenvalue weighted by atomic mass is 10.1. The molecule has 1 fully saturated rings. The van der Waals surface area contributed by atoms with Gasteiger partial charge in [0.25, 0.3) is 17.1 Å². The van der Waals surface area contributed by atoms with E-state index in [1.54, 1.807) is 12.1 Å². The summed E-state index contributed by atoms with van der Waals surface area (Å²) in [7, 11) is 1.50. The van der Waals surface area contributed by atoms with E-state index in [1.165, 1.54) is 12.0 Å². The number of ether oxygens (including phenoxy) is 2. The fraction of sp³-hybridized carbons (Fsp3) is 0.179. The molecule has 37 heavy (non-hydrogen) atoms. The number of anilines is 1. The molecule has 3 aromatic rings. The molecule has 190 valence electrons. The number of hydrogen-bond donors (Lipinski definition) is 1. The third kappa shape index (κ3) is 6.72. The molecule has 9 heteroatoms. The van der Waals surface area contributed by atoms with Crippen LogP contribution in [0.1, 0.15) is 22.3 Å². The van der Waals surface area contributed by atoms with Gasteiger partial charge in [0.05, 0.1) is 22.1 Å². The van der Waals surface area contributed by atoms with Crippen LogP contribution in [0.15, 0.2) is 65.6 Å². The first kappa shape index (κ1) is 26.7. The molecule has 0 unspecified atom stereocenters. The zero-order valence-corrected chi connectivity index (χ0v) is 23.5. The lowest BCUT2D eigenvalue weighted by molar-refractivity contribution is -0.123. The highest BCUT2D eigenvalue weighted by Crippen LogP contribution is 2.37. The summed E-state index contributed by atoms with van der Waals surface area (Å²) in [5, 5.41) is 2.50. The summed E-state index contributed by atoms with van der Waals surface area (Å²) in [6.07, 6.45) is 1.67. The Bertz CT molecular complexity index is 1410. The van der Waals surface area contributed by atoms with Crippen molar-refractivity contribution in [2.75, 3.05) is 19.0 Å². The second-order valence-corrected chi connectivity index (χ2v) is 10.7. The molecule has 3 amide bonds. The summed E-state index contributed by atoms with van der Waals surface area (Å²) in [6, 6.07) is 18.8. The van der Waals surface area contributed by atoms with E-state index in [-0.39, 0.29) is 30.2 Å². The molecule has 7 nitrogen and oxygen atoms in total. The van der Waals surface area contributed by atoms with E-state index in [0.29, 0.717) is 31.2 Å². The van der Waals surface area contributed by atoms with Crippen molar-refractivity contribution in [3.63, 3.8) is 0 Å². The summed E-state index contributed by atoms with van der Waals surface area (Å²) in [6.45, 7) is 3.95. The van der Waals surface area contributed by atoms with Crippen molar-refractivity contribution in [2.24, 2.45) is 0 Å². The van der Waals surface area contributed by atoms with Gasteiger partial charge in [-0.05, 0) is 95.2 Å². The number of amides is 3. The lowest BCUT2D eigenvalue weighted by Crippen LogP contribution is -2.27. The molecule has 1 heterocycles. The number of imide groups is 1. The van der Waals surface area contributed by atoms with Gasteiger partial charge in [-0.2, -0.15) is 0 Å². The molecular formula is C28H25IN2O5S. The average molecular weight is 628 g/mol. The molecule has 0 aliphatic carbocycles. The van der Waals surface area contributed by atoms with Crippen LogP contribution in [0.4, 0.5) is 10.5 Å². The summed E-state index contributed by atoms with van der Waals surface area (Å²) < 4.78 is 12.0. The molecule has 0 spiro atoms. The third-order valence-corrected chi connectivity index (χ3v) is 7.20. The van der Waals surface area contributed by atoms with Gasteiger partial charge in [0.1, 0.15) is 0 Å². The number of thioether (sulfide) groups is 1. The van der Waals surface area contributed by atoms with Gasteiger partial charge in [-0.3, -0.25) is 19.3 Å². The van der Waals surface area contributed by atoms with Gasteiger partial charge in [0.2, 0.25) is 0 Å². The predicted octanol–water partition coefficient (Wildman–Crippen LogP) is 6.17. The van der Waals surface area contributed by atoms with E-state index in [1.807, 2.05) is 68.4 Å². The highest BCUT2D eigenvalue weighted by molar-refractivity contribution is 14.1. The summed E-state index contributed by atoms with van der Waals surface area (Å²) in [5.74, 6) is 0.209. The Balaban J connectivity index is 1.47. The Kier molecular flexibility index (Phi) is 8.55. The van der Waals surface area contributed by atoms with Gasteiger partial charge < -0.3 is 14.8 Å². The number of carbonyl (C=O) groups excluding carboxylic acids is 3. The summed E-state index contributed by atoms with van der Waals surface area (Å²) in [4.78, 5) is 39.5. The predicted molar refractivity (Wildman–Crippen MR) is 154 cm³/mol. The van der Waals surface area contributed by atoms with Crippen molar-refractivity contribution in [2.45, 2.75) is 20.4 Å². The number of nitrogens with one attached hydrogen (secondary N) is 1. The zero-order valence-electron chi connectivity index (χ0n) is 20.5. The van der Waals surface area contributed by atoms with Crippen molar-refractivity contribution >= 4 is 63.2 Å². The number of halogens is 1. The Morgan fingerprint density at radius 2 is 1.78 bits per heavy atom. The molecule has 0 bridgehead atoms. The molecule has 0 aromatic heterocycles. The summed E-state index contributed by atoms with van der Waals surface area (Å²) in [5.41, 5.74) is 4.38. The third-order valence-electron chi connectivity index (χ3n) is 5.50. The van der Waals surface area contributed by atoms with E-state index in [4.69, 9.17) is 9.47 Å². The van der Waals surface area contributed by atoms with Crippen LogP contribution in [0, 0.1) is 17.4 Å². The first-order chi connectivity index (χ1) is 17.7. The average Bonchev–Trinajstić information content (AvgIpc) is 3.10. The molecule has 1 saturated heterocycles. The van der Waals surface area contributed by atoms with Crippen LogP contribution >= 0.6 is 34.4 Å². The first-order valence-corrected chi connectivity index (χ1v) is 13.3. The van der Waals surface area contributed by atoms with E-state index in [2.05, 4.69) is 27.9 Å². The number of aryl methyl sites for hydroxylation is 2. The number of carbonyl (C=O) groups is 3. The maximum atomic E-state index is 13.0. The van der Waals surface area contributed by atoms with Crippen molar-refractivity contribution < 1.29 is 23.9 Å². The van der Waals surface area contributed by atoms with Crippen LogP contribution in [0.25, 0.3) is 6.08 Å². The smallest absolute Gasteiger partial charge is 0.293 e. The second kappa shape index (κ2) is 11.8. The standard InChI is InChI=1S/C28H25IN2O5S/c1-17-6-4-8-19(10-17)15-31-27(33)24(37-28(31)34)14-20-12-22(29)26(23(13-20)35-3)36-16-25(32)30-21-9-5-7-18(2)11-21/h4-14H,15-16H2,1-3H3,(H,30,32)/b24-14-. The van der Waals surface area contributed by atoms with Gasteiger partial charge in [0, 0.05) is 5.69 Å². The molecule has 1 aliphatic heterocycles. The fourth-order valence-corrected chi connectivity index (χ4v) is 5.42. The quantitative estimate of drug-likeness (QED) is 0.237. The normalized spacial score (nSPS) is 14.3. The molecule has 0 radical (unpaired) electrons. The van der Waals surface area contributed by atoms with Crippen LogP contribution < -0.4 is 14.8 Å². The second-order valence-electron chi connectivity index (χ2n) is 8.50. The Morgan fingerprint density at radius 3 is 2.49 bits per heavy atom. The fourth-order valence-electron chi connectivity index (χ4n) is 3.80. The molecule has 1 aliphatic rings. The number of nitrogens with zero attached hydrogens (tertiary/aromatic N) is 1. The molecule has 4 rings (SSSR count). The maximum Gasteiger partial charge on any atom is 0.293 e. The number of hydrogen-bond acceptors (Lipinski definition) is 6. The monoisotopic (exact) mass is 628 g/mol. The lowest BCUT2D eigenvalue weighted by Gasteiger charge is -2.14. The van der Waals surface area contributed by atoms with Gasteiger partial charge >= 0.3 is 0 Å². The van der Waals surface area contributed by atoms with Gasteiger partial charge in [-0.25, -0.2) is 0 Å². The van der Waals surface area contributed by atoms with E-state index in [0.717, 1.165) is 28.5 Å². The van der Waals surface area contributed by atoms with E-state index >= 15 is 0 Å². The minimum absolute atomic E-state index is 0.197. The van der Waals surface area contributed by atoms with Gasteiger partial charge in [0.15, 0.2) is 18.1 Å². The molecule has 0 saturated carbocycles. The first-order valence-electron chi connectivity index (χ1n) is 11.4. The maximum absolute atomic E-state index is 13.0. The molecule has 1 N–H and O–H groups in total. The highest BCUT2D eigenvalue weighted by atomic mass is 127. The summed E-state index contributed by atoms with van der Waals surface area (Å²) >= 11 is 3.00. The minimum atomic E-state index is -0.335. The largest absolute Gasteiger partial charge is 0.493 e. The van der Waals surface area contributed by atoms with Crippen LogP contribution in [-0.2, 0) is 16.1 Å². The van der Waals surface area contributed by atoms with Crippen molar-refractivity contribution in [3.05, 3.63) is 91.4 Å². The van der Waals surface area contributed by atoms with Crippen LogP contribution in [0.3, 0.4) is 0 Å². The topological polar surface area (TPSA) is 84.9 Å². The SMILES string of the molecule is COc1cc(/C=C2\SC(=O)N(Cc3cccc(C)c3)C2=O)cc(I)c1OCC(=O)Nc1cccc(C)c1. The zero-order chi connectivity index (χ0) is 26.5. The van der Waals surface area contributed by atoms with Gasteiger partial charge in [-0.15, -0.1) is 0 Å². The minimum Gasteiger partial charge on any atom is -0.493 e. The number of methoxy groups -OCH3 is 1. The Morgan fingerprint density at radius 1 is 1.05 bits per heavy atom. The van der Waals surface area contributed by atoms with Crippen molar-refractivity contribution in [3.8, 4) is 11.5 Å². The number of benzene rings is 3. The van der Waals surface area contributed by atoms with Crippen LogP contribution in [0.2, 0.25) is 0 Å². The van der Waals surface area contributed by atoms with Crippen LogP contribution in [-0.4, -0.2) is 35.7 Å². The molecule has 3 aromatic carbocycles. The highest BCUT2D eigenvalue weighted by Gasteiger charge is 2.35. The van der Waals surface area contributed by atoms with Crippen LogP contribution in [0.5, 0.6) is 11.5 Å². The van der Waals surface area contributed by atoms with Crippen molar-refractivity contribution in [1.82, 2.24) is 4.90 Å². The Labute approximate surface area is 233 Å². The Hall–Kier alpha value is -3.31. The number of rotatable bonds is 8. The van der Waals surface area contributed by atoms with Crippen molar-refractivity contribution in [1.29, 1.82) is 0 Å².